The van der Waals surface area contributed by atoms with Crippen molar-refractivity contribution in [2.75, 3.05) is 0 Å². The lowest BCUT2D eigenvalue weighted by Crippen LogP contribution is -2.06. The van der Waals surface area contributed by atoms with E-state index < -0.39 is 11.9 Å². The topological polar surface area (TPSA) is 37.3 Å². The Morgan fingerprint density at radius 2 is 1.92 bits per heavy atom. The van der Waals surface area contributed by atoms with Gasteiger partial charge in [-0.25, -0.2) is 0 Å². The highest BCUT2D eigenvalue weighted by molar-refractivity contribution is 14.1. The predicted molar refractivity (Wildman–Crippen MR) is 55.2 cm³/mol. The molecule has 0 unspecified atom stereocenters. The van der Waals surface area contributed by atoms with Gasteiger partial charge in [-0.05, 0) is 47.2 Å². The third-order valence-corrected chi connectivity index (χ3v) is 2.46. The maximum Gasteiger partial charge on any atom is 0.310 e. The van der Waals surface area contributed by atoms with Gasteiger partial charge in [-0.2, -0.15) is 0 Å². The smallest absolute Gasteiger partial charge is 0.310 e. The molecule has 0 aliphatic heterocycles. The molecule has 0 fully saturated rings. The zero-order valence-corrected chi connectivity index (χ0v) is 8.78. The van der Waals surface area contributed by atoms with E-state index in [0.717, 1.165) is 9.13 Å². The Labute approximate surface area is 84.7 Å². The summed E-state index contributed by atoms with van der Waals surface area (Å²) in [6, 6.07) is 7.52. The highest BCUT2D eigenvalue weighted by atomic mass is 127. The molecule has 3 heteroatoms. The minimum atomic E-state index is -0.781. The fourth-order valence-corrected chi connectivity index (χ4v) is 1.25. The average Bonchev–Trinajstić information content (AvgIpc) is 2.04. The number of carboxylic acids is 1. The molecule has 12 heavy (non-hydrogen) atoms. The molecular weight excluding hydrogens is 267 g/mol. The van der Waals surface area contributed by atoms with E-state index in [4.69, 9.17) is 5.11 Å². The summed E-state index contributed by atoms with van der Waals surface area (Å²) in [5.41, 5.74) is 0.850. The first-order valence-corrected chi connectivity index (χ1v) is 4.67. The van der Waals surface area contributed by atoms with E-state index in [1.54, 1.807) is 6.92 Å². The Morgan fingerprint density at radius 1 is 1.42 bits per heavy atom. The molecular formula is C9H9IO2. The van der Waals surface area contributed by atoms with Gasteiger partial charge < -0.3 is 5.11 Å². The SMILES string of the molecule is C[C@H](C(=O)O)c1ccc(I)cc1. The Balaban J connectivity index is 2.89. The maximum atomic E-state index is 10.6. The van der Waals surface area contributed by atoms with E-state index >= 15 is 0 Å². The fourth-order valence-electron chi connectivity index (χ4n) is 0.894. The summed E-state index contributed by atoms with van der Waals surface area (Å²) in [6.45, 7) is 1.69. The van der Waals surface area contributed by atoms with Crippen LogP contribution >= 0.6 is 22.6 Å². The quantitative estimate of drug-likeness (QED) is 0.842. The van der Waals surface area contributed by atoms with Gasteiger partial charge in [-0.1, -0.05) is 12.1 Å². The molecule has 0 heterocycles. The van der Waals surface area contributed by atoms with Crippen molar-refractivity contribution >= 4 is 28.6 Å². The molecule has 1 rings (SSSR count). The minimum Gasteiger partial charge on any atom is -0.481 e. The number of rotatable bonds is 2. The second-order valence-corrected chi connectivity index (χ2v) is 3.86. The van der Waals surface area contributed by atoms with Crippen LogP contribution in [0.1, 0.15) is 18.4 Å². The van der Waals surface area contributed by atoms with Gasteiger partial charge in [0.15, 0.2) is 0 Å². The molecule has 1 aromatic carbocycles. The second-order valence-electron chi connectivity index (χ2n) is 2.61. The normalized spacial score (nSPS) is 12.5. The Kier molecular flexibility index (Phi) is 3.08. The largest absolute Gasteiger partial charge is 0.481 e. The van der Waals surface area contributed by atoms with Crippen LogP contribution in [0.4, 0.5) is 0 Å². The van der Waals surface area contributed by atoms with Crippen molar-refractivity contribution < 1.29 is 9.90 Å². The third-order valence-electron chi connectivity index (χ3n) is 1.74. The zero-order valence-electron chi connectivity index (χ0n) is 6.62. The summed E-state index contributed by atoms with van der Waals surface area (Å²) in [4.78, 5) is 10.6. The van der Waals surface area contributed by atoms with Crippen LogP contribution < -0.4 is 0 Å². The van der Waals surface area contributed by atoms with Crippen LogP contribution in [0.25, 0.3) is 0 Å². The highest BCUT2D eigenvalue weighted by Crippen LogP contribution is 2.16. The predicted octanol–water partition coefficient (Wildman–Crippen LogP) is 2.48. The lowest BCUT2D eigenvalue weighted by atomic mass is 10.0. The van der Waals surface area contributed by atoms with Crippen molar-refractivity contribution in [2.24, 2.45) is 0 Å². The van der Waals surface area contributed by atoms with Crippen molar-refractivity contribution in [3.05, 3.63) is 33.4 Å². The zero-order chi connectivity index (χ0) is 9.14. The highest BCUT2D eigenvalue weighted by Gasteiger charge is 2.12. The van der Waals surface area contributed by atoms with Gasteiger partial charge in [-0.15, -0.1) is 0 Å². The van der Waals surface area contributed by atoms with Gasteiger partial charge in [0.25, 0.3) is 0 Å². The lowest BCUT2D eigenvalue weighted by molar-refractivity contribution is -0.138. The van der Waals surface area contributed by atoms with Gasteiger partial charge >= 0.3 is 5.97 Å². The molecule has 0 radical (unpaired) electrons. The van der Waals surface area contributed by atoms with Crippen molar-refractivity contribution in [1.82, 2.24) is 0 Å². The van der Waals surface area contributed by atoms with E-state index in [0.29, 0.717) is 0 Å². The summed E-state index contributed by atoms with van der Waals surface area (Å²) < 4.78 is 1.12. The molecule has 64 valence electrons. The molecule has 0 amide bonds. The van der Waals surface area contributed by atoms with Gasteiger partial charge in [0.2, 0.25) is 0 Å². The summed E-state index contributed by atoms with van der Waals surface area (Å²) in [5, 5.41) is 8.70. The van der Waals surface area contributed by atoms with E-state index in [2.05, 4.69) is 22.6 Å². The molecule has 0 bridgehead atoms. The van der Waals surface area contributed by atoms with Gasteiger partial charge in [0.1, 0.15) is 0 Å². The van der Waals surface area contributed by atoms with E-state index in [-0.39, 0.29) is 0 Å². The molecule has 0 saturated heterocycles. The molecule has 1 aromatic rings. The number of hydrogen-bond donors (Lipinski definition) is 1. The monoisotopic (exact) mass is 276 g/mol. The van der Waals surface area contributed by atoms with Crippen LogP contribution in [0, 0.1) is 3.57 Å². The number of carboxylic acid groups (broad SMARTS) is 1. The maximum absolute atomic E-state index is 10.6. The lowest BCUT2D eigenvalue weighted by Gasteiger charge is -2.05. The average molecular weight is 276 g/mol. The van der Waals surface area contributed by atoms with Gasteiger partial charge in [0.05, 0.1) is 5.92 Å². The van der Waals surface area contributed by atoms with Crippen molar-refractivity contribution in [3.63, 3.8) is 0 Å². The van der Waals surface area contributed by atoms with Crippen LogP contribution in [0.15, 0.2) is 24.3 Å². The molecule has 2 nitrogen and oxygen atoms in total. The van der Waals surface area contributed by atoms with Crippen LogP contribution in [0.2, 0.25) is 0 Å². The van der Waals surface area contributed by atoms with E-state index in [1.807, 2.05) is 24.3 Å². The number of aliphatic carboxylic acids is 1. The molecule has 0 aliphatic rings. The fraction of sp³-hybridized carbons (Fsp3) is 0.222. The molecule has 0 aliphatic carbocycles. The summed E-state index contributed by atoms with van der Waals surface area (Å²) in [6.07, 6.45) is 0. The summed E-state index contributed by atoms with van der Waals surface area (Å²) in [7, 11) is 0. The van der Waals surface area contributed by atoms with Crippen LogP contribution in [-0.4, -0.2) is 11.1 Å². The van der Waals surface area contributed by atoms with Crippen LogP contribution in [-0.2, 0) is 4.79 Å². The third kappa shape index (κ3) is 2.20. The van der Waals surface area contributed by atoms with Gasteiger partial charge in [-0.3, -0.25) is 4.79 Å². The first-order chi connectivity index (χ1) is 5.61. The van der Waals surface area contributed by atoms with Crippen LogP contribution in [0.5, 0.6) is 0 Å². The number of halogens is 1. The molecule has 0 saturated carbocycles. The van der Waals surface area contributed by atoms with Crippen molar-refractivity contribution in [2.45, 2.75) is 12.8 Å². The molecule has 1 N–H and O–H groups in total. The Bertz CT molecular complexity index is 279. The molecule has 0 spiro atoms. The number of benzene rings is 1. The first-order valence-electron chi connectivity index (χ1n) is 3.59. The number of carbonyl (C=O) groups is 1. The van der Waals surface area contributed by atoms with E-state index in [9.17, 15) is 4.79 Å². The summed E-state index contributed by atoms with van der Waals surface area (Å²) >= 11 is 2.19. The van der Waals surface area contributed by atoms with Crippen molar-refractivity contribution in [1.29, 1.82) is 0 Å². The summed E-state index contributed by atoms with van der Waals surface area (Å²) in [5.74, 6) is -1.20. The first kappa shape index (κ1) is 9.51. The van der Waals surface area contributed by atoms with E-state index in [1.165, 1.54) is 0 Å². The molecule has 1 atom stereocenters. The van der Waals surface area contributed by atoms with Crippen molar-refractivity contribution in [3.8, 4) is 0 Å². The Hall–Kier alpha value is -0.580. The second kappa shape index (κ2) is 3.89. The number of hydrogen-bond acceptors (Lipinski definition) is 1. The van der Waals surface area contributed by atoms with Crippen LogP contribution in [0.3, 0.4) is 0 Å². The minimum absolute atomic E-state index is 0.415. The molecule has 0 aromatic heterocycles. The van der Waals surface area contributed by atoms with Gasteiger partial charge in [0, 0.05) is 3.57 Å². The Morgan fingerprint density at radius 3 is 2.33 bits per heavy atom. The standard InChI is InChI=1S/C9H9IO2/c1-6(9(11)12)7-2-4-8(10)5-3-7/h2-6H,1H3,(H,11,12)/t6-/m0/s1.